The molecule has 2 nitrogen and oxygen atoms in total. The maximum Gasteiger partial charge on any atom is 0.123 e. The van der Waals surface area contributed by atoms with Crippen molar-refractivity contribution in [3.63, 3.8) is 0 Å². The fourth-order valence-electron chi connectivity index (χ4n) is 1.90. The number of hydrogen-bond acceptors (Lipinski definition) is 2. The molecular weight excluding hydrogens is 389 g/mol. The van der Waals surface area contributed by atoms with Crippen LogP contribution in [0.4, 0.5) is 4.39 Å². The minimum absolute atomic E-state index is 0.231. The number of rotatable bonds is 5. The summed E-state index contributed by atoms with van der Waals surface area (Å²) in [6.45, 7) is 1.22. The molecule has 2 aromatic carbocycles. The van der Waals surface area contributed by atoms with Gasteiger partial charge in [-0.05, 0) is 42.0 Å². The molecule has 0 aromatic heterocycles. The molecule has 0 amide bonds. The molecular formula is C15H14Br2FNO. The summed E-state index contributed by atoms with van der Waals surface area (Å²) in [5.74, 6) is 0.601. The van der Waals surface area contributed by atoms with E-state index in [0.717, 1.165) is 25.8 Å². The molecule has 0 heterocycles. The lowest BCUT2D eigenvalue weighted by molar-refractivity contribution is 0.407. The summed E-state index contributed by atoms with van der Waals surface area (Å²) in [5.41, 5.74) is 1.94. The first-order valence-electron chi connectivity index (χ1n) is 6.07. The van der Waals surface area contributed by atoms with Crippen molar-refractivity contribution >= 4 is 31.9 Å². The predicted octanol–water partition coefficient (Wildman–Crippen LogP) is 4.65. The van der Waals surface area contributed by atoms with Crippen LogP contribution in [0, 0.1) is 5.82 Å². The van der Waals surface area contributed by atoms with E-state index in [1.54, 1.807) is 13.2 Å². The van der Waals surface area contributed by atoms with Gasteiger partial charge in [-0.15, -0.1) is 0 Å². The molecule has 0 unspecified atom stereocenters. The van der Waals surface area contributed by atoms with E-state index >= 15 is 0 Å². The Morgan fingerprint density at radius 2 is 1.80 bits per heavy atom. The molecule has 0 bridgehead atoms. The second kappa shape index (κ2) is 7.20. The van der Waals surface area contributed by atoms with E-state index in [1.807, 2.05) is 18.2 Å². The molecule has 0 atom stereocenters. The van der Waals surface area contributed by atoms with Gasteiger partial charge in [-0.25, -0.2) is 4.39 Å². The molecule has 20 heavy (non-hydrogen) atoms. The van der Waals surface area contributed by atoms with Gasteiger partial charge in [0.2, 0.25) is 0 Å². The van der Waals surface area contributed by atoms with Gasteiger partial charge in [0.05, 0.1) is 7.11 Å². The van der Waals surface area contributed by atoms with Crippen molar-refractivity contribution in [1.82, 2.24) is 5.32 Å². The largest absolute Gasteiger partial charge is 0.496 e. The summed E-state index contributed by atoms with van der Waals surface area (Å²) < 4.78 is 20.4. The van der Waals surface area contributed by atoms with Crippen molar-refractivity contribution in [3.05, 3.63) is 62.3 Å². The Bertz CT molecular complexity index is 604. The number of benzene rings is 2. The van der Waals surface area contributed by atoms with Crippen LogP contribution in [-0.2, 0) is 13.1 Å². The van der Waals surface area contributed by atoms with Crippen LogP contribution in [0.3, 0.4) is 0 Å². The molecule has 0 aliphatic heterocycles. The fourth-order valence-corrected chi connectivity index (χ4v) is 2.69. The maximum absolute atomic E-state index is 13.2. The van der Waals surface area contributed by atoms with E-state index in [4.69, 9.17) is 4.74 Å². The van der Waals surface area contributed by atoms with Crippen LogP contribution in [0.5, 0.6) is 5.75 Å². The normalized spacial score (nSPS) is 10.6. The second-order valence-corrected chi connectivity index (χ2v) is 6.07. The lowest BCUT2D eigenvalue weighted by Gasteiger charge is -2.11. The van der Waals surface area contributed by atoms with Gasteiger partial charge in [0.15, 0.2) is 0 Å². The topological polar surface area (TPSA) is 21.3 Å². The molecule has 1 N–H and O–H groups in total. The van der Waals surface area contributed by atoms with E-state index in [2.05, 4.69) is 37.2 Å². The Hall–Kier alpha value is -0.910. The summed E-state index contributed by atoms with van der Waals surface area (Å²) in [6, 6.07) is 10.5. The van der Waals surface area contributed by atoms with Gasteiger partial charge in [-0.2, -0.15) is 0 Å². The Morgan fingerprint density at radius 3 is 2.55 bits per heavy atom. The number of halogens is 3. The molecule has 0 radical (unpaired) electrons. The SMILES string of the molecule is COc1ccc(Br)cc1CNCc1cc(F)ccc1Br. The predicted molar refractivity (Wildman–Crippen MR) is 85.3 cm³/mol. The Balaban J connectivity index is 2.02. The van der Waals surface area contributed by atoms with E-state index in [-0.39, 0.29) is 5.82 Å². The van der Waals surface area contributed by atoms with Gasteiger partial charge in [-0.1, -0.05) is 31.9 Å². The van der Waals surface area contributed by atoms with Crippen molar-refractivity contribution in [2.24, 2.45) is 0 Å². The molecule has 5 heteroatoms. The average Bonchev–Trinajstić information content (AvgIpc) is 2.43. The monoisotopic (exact) mass is 401 g/mol. The van der Waals surface area contributed by atoms with E-state index in [9.17, 15) is 4.39 Å². The first-order valence-corrected chi connectivity index (χ1v) is 7.66. The van der Waals surface area contributed by atoms with Gasteiger partial charge in [0, 0.05) is 27.6 Å². The van der Waals surface area contributed by atoms with E-state index < -0.39 is 0 Å². The Kier molecular flexibility index (Phi) is 5.57. The highest BCUT2D eigenvalue weighted by Crippen LogP contribution is 2.23. The third-order valence-electron chi connectivity index (χ3n) is 2.88. The lowest BCUT2D eigenvalue weighted by atomic mass is 10.2. The lowest BCUT2D eigenvalue weighted by Crippen LogP contribution is -2.14. The Labute approximate surface area is 134 Å². The number of methoxy groups -OCH3 is 1. The third kappa shape index (κ3) is 4.04. The van der Waals surface area contributed by atoms with Crippen LogP contribution in [0.1, 0.15) is 11.1 Å². The van der Waals surface area contributed by atoms with Crippen LogP contribution in [0.25, 0.3) is 0 Å². The van der Waals surface area contributed by atoms with Crippen molar-refractivity contribution < 1.29 is 9.13 Å². The minimum Gasteiger partial charge on any atom is -0.496 e. The van der Waals surface area contributed by atoms with Crippen molar-refractivity contribution in [1.29, 1.82) is 0 Å². The minimum atomic E-state index is -0.231. The molecule has 0 saturated heterocycles. The zero-order chi connectivity index (χ0) is 14.5. The molecule has 0 saturated carbocycles. The quantitative estimate of drug-likeness (QED) is 0.785. The molecule has 0 aliphatic carbocycles. The highest BCUT2D eigenvalue weighted by Gasteiger charge is 2.05. The van der Waals surface area contributed by atoms with Gasteiger partial charge >= 0.3 is 0 Å². The van der Waals surface area contributed by atoms with Gasteiger partial charge in [-0.3, -0.25) is 0 Å². The van der Waals surface area contributed by atoms with Crippen LogP contribution < -0.4 is 10.1 Å². The zero-order valence-electron chi connectivity index (χ0n) is 10.9. The first-order chi connectivity index (χ1) is 9.60. The smallest absolute Gasteiger partial charge is 0.123 e. The van der Waals surface area contributed by atoms with Crippen LogP contribution in [-0.4, -0.2) is 7.11 Å². The van der Waals surface area contributed by atoms with Crippen molar-refractivity contribution in [3.8, 4) is 5.75 Å². The summed E-state index contributed by atoms with van der Waals surface area (Å²) in [7, 11) is 1.65. The first kappa shape index (κ1) is 15.5. The molecule has 2 aromatic rings. The van der Waals surface area contributed by atoms with Crippen LogP contribution >= 0.6 is 31.9 Å². The average molecular weight is 403 g/mol. The van der Waals surface area contributed by atoms with E-state index in [1.165, 1.54) is 12.1 Å². The summed E-state index contributed by atoms with van der Waals surface area (Å²) in [5, 5.41) is 3.29. The van der Waals surface area contributed by atoms with Crippen LogP contribution in [0.2, 0.25) is 0 Å². The third-order valence-corrected chi connectivity index (χ3v) is 4.15. The maximum atomic E-state index is 13.2. The second-order valence-electron chi connectivity index (χ2n) is 4.30. The number of nitrogens with one attached hydrogen (secondary N) is 1. The number of hydrogen-bond donors (Lipinski definition) is 1. The summed E-state index contributed by atoms with van der Waals surface area (Å²) in [6.07, 6.45) is 0. The molecule has 2 rings (SSSR count). The highest BCUT2D eigenvalue weighted by molar-refractivity contribution is 9.10. The standard InChI is InChI=1S/C15H14Br2FNO/c1-20-15-5-2-12(16)6-11(15)9-19-8-10-7-13(18)3-4-14(10)17/h2-7,19H,8-9H2,1H3. The van der Waals surface area contributed by atoms with Crippen molar-refractivity contribution in [2.45, 2.75) is 13.1 Å². The van der Waals surface area contributed by atoms with Gasteiger partial charge < -0.3 is 10.1 Å². The van der Waals surface area contributed by atoms with Crippen LogP contribution in [0.15, 0.2) is 45.3 Å². The van der Waals surface area contributed by atoms with E-state index in [0.29, 0.717) is 13.1 Å². The molecule has 0 spiro atoms. The number of ether oxygens (including phenoxy) is 1. The Morgan fingerprint density at radius 1 is 1.05 bits per heavy atom. The summed E-state index contributed by atoms with van der Waals surface area (Å²) >= 11 is 6.86. The molecule has 0 fully saturated rings. The molecule has 0 aliphatic rings. The van der Waals surface area contributed by atoms with Gasteiger partial charge in [0.1, 0.15) is 11.6 Å². The fraction of sp³-hybridized carbons (Fsp3) is 0.200. The highest BCUT2D eigenvalue weighted by atomic mass is 79.9. The van der Waals surface area contributed by atoms with Gasteiger partial charge in [0.25, 0.3) is 0 Å². The molecule has 106 valence electrons. The summed E-state index contributed by atoms with van der Waals surface area (Å²) in [4.78, 5) is 0. The zero-order valence-corrected chi connectivity index (χ0v) is 14.1. The van der Waals surface area contributed by atoms with Crippen molar-refractivity contribution in [2.75, 3.05) is 7.11 Å².